The lowest BCUT2D eigenvalue weighted by atomic mass is 9.75. The summed E-state index contributed by atoms with van der Waals surface area (Å²) in [6.07, 6.45) is 9.45. The minimum atomic E-state index is -1.84. The molecule has 0 amide bonds. The first-order chi connectivity index (χ1) is 26.3. The predicted molar refractivity (Wildman–Crippen MR) is 248 cm³/mol. The molecule has 8 unspecified atom stereocenters. The van der Waals surface area contributed by atoms with E-state index in [1.165, 1.54) is 73.2 Å². The molecule has 4 heteroatoms. The van der Waals surface area contributed by atoms with Gasteiger partial charge in [-0.3, -0.25) is 0 Å². The van der Waals surface area contributed by atoms with E-state index in [-0.39, 0.29) is 5.41 Å². The highest BCUT2D eigenvalue weighted by Gasteiger charge is 2.60. The zero-order valence-corrected chi connectivity index (χ0v) is 37.8. The summed E-state index contributed by atoms with van der Waals surface area (Å²) in [4.78, 5) is 4.61. The zero-order valence-electron chi connectivity index (χ0n) is 34.4. The minimum Gasteiger partial charge on any atom is -0.140 e. The van der Waals surface area contributed by atoms with E-state index in [4.69, 9.17) is 0 Å². The van der Waals surface area contributed by atoms with Crippen LogP contribution in [-0.4, -0.2) is 13.3 Å². The van der Waals surface area contributed by atoms with Gasteiger partial charge in [0.25, 0.3) is 0 Å². The number of hydrogen-bond acceptors (Lipinski definition) is 3. The van der Waals surface area contributed by atoms with E-state index in [2.05, 4.69) is 152 Å². The van der Waals surface area contributed by atoms with Crippen LogP contribution in [0, 0.1) is 43.4 Å². The van der Waals surface area contributed by atoms with Gasteiger partial charge in [-0.2, -0.15) is 0 Å². The van der Waals surface area contributed by atoms with Crippen LogP contribution in [0.15, 0.2) is 90.0 Å². The highest BCUT2D eigenvalue weighted by atomic mass is 32.2. The third kappa shape index (κ3) is 5.61. The van der Waals surface area contributed by atoms with Crippen molar-refractivity contribution in [3.63, 3.8) is 0 Å². The van der Waals surface area contributed by atoms with Crippen LogP contribution in [-0.2, 0) is 5.41 Å². The molecule has 0 bridgehead atoms. The molecule has 3 fully saturated rings. The molecule has 0 radical (unpaired) electrons. The second-order valence-electron chi connectivity index (χ2n) is 19.7. The van der Waals surface area contributed by atoms with Crippen LogP contribution >= 0.6 is 34.4 Å². The van der Waals surface area contributed by atoms with Crippen molar-refractivity contribution in [1.29, 1.82) is 0 Å². The Bertz CT molecular complexity index is 2440. The molecule has 55 heavy (non-hydrogen) atoms. The number of rotatable bonds is 5. The van der Waals surface area contributed by atoms with Crippen LogP contribution in [0.4, 0.5) is 0 Å². The summed E-state index contributed by atoms with van der Waals surface area (Å²) in [7, 11) is -1.84. The molecule has 3 saturated carbocycles. The number of hydrogen-bond donors (Lipinski definition) is 0. The lowest BCUT2D eigenvalue weighted by Gasteiger charge is -2.46. The fraction of sp³-hybridized carbons (Fsp3) is 0.451. The summed E-state index contributed by atoms with van der Waals surface area (Å²) in [5.41, 5.74) is 14.8. The van der Waals surface area contributed by atoms with Gasteiger partial charge in [0.2, 0.25) is 0 Å². The number of benzene rings is 3. The third-order valence-corrected chi connectivity index (χ3v) is 24.4. The van der Waals surface area contributed by atoms with Gasteiger partial charge >= 0.3 is 0 Å². The van der Waals surface area contributed by atoms with Crippen molar-refractivity contribution in [2.75, 3.05) is 0 Å². The van der Waals surface area contributed by atoms with Crippen LogP contribution in [0.1, 0.15) is 98.7 Å². The Balaban J connectivity index is 1.06. The van der Waals surface area contributed by atoms with Gasteiger partial charge in [-0.15, -0.1) is 34.4 Å². The highest BCUT2D eigenvalue weighted by molar-refractivity contribution is 8.09. The molecule has 0 N–H and O–H groups in total. The zero-order chi connectivity index (χ0) is 38.1. The highest BCUT2D eigenvalue weighted by Crippen LogP contribution is 2.70. The number of thioether (sulfide) groups is 1. The van der Waals surface area contributed by atoms with Crippen LogP contribution in [0.5, 0.6) is 0 Å². The monoisotopic (exact) mass is 794 g/mol. The van der Waals surface area contributed by atoms with E-state index < -0.39 is 8.07 Å². The van der Waals surface area contributed by atoms with Crippen LogP contribution in [0.2, 0.25) is 24.2 Å². The van der Waals surface area contributed by atoms with E-state index in [1.54, 1.807) is 38.3 Å². The van der Waals surface area contributed by atoms with Crippen molar-refractivity contribution in [3.8, 4) is 0 Å². The van der Waals surface area contributed by atoms with Crippen LogP contribution < -0.4 is 0 Å². The topological polar surface area (TPSA) is 0 Å². The van der Waals surface area contributed by atoms with Gasteiger partial charge in [0.15, 0.2) is 0 Å². The van der Waals surface area contributed by atoms with Gasteiger partial charge < -0.3 is 0 Å². The Morgan fingerprint density at radius 3 is 1.95 bits per heavy atom. The second kappa shape index (κ2) is 13.2. The largest absolute Gasteiger partial charge is 0.140 e. The quantitative estimate of drug-likeness (QED) is 0.160. The van der Waals surface area contributed by atoms with Gasteiger partial charge in [0, 0.05) is 51.2 Å². The number of allylic oxidation sites excluding steroid dienone is 5. The smallest absolute Gasteiger partial charge is 0.0558 e. The average Bonchev–Trinajstić information content (AvgIpc) is 3.98. The van der Waals surface area contributed by atoms with E-state index in [0.717, 1.165) is 22.9 Å². The van der Waals surface area contributed by atoms with Crippen molar-refractivity contribution in [1.82, 2.24) is 0 Å². The van der Waals surface area contributed by atoms with Crippen molar-refractivity contribution < 1.29 is 0 Å². The Hall–Kier alpha value is -2.63. The molecule has 2 aromatic heterocycles. The number of thiophene rings is 2. The number of aryl methyl sites for hydroxylation is 2. The first-order valence-electron chi connectivity index (χ1n) is 21.3. The van der Waals surface area contributed by atoms with Gasteiger partial charge in [-0.05, 0) is 138 Å². The van der Waals surface area contributed by atoms with Gasteiger partial charge in [-0.1, -0.05) is 114 Å². The molecule has 5 aliphatic rings. The Morgan fingerprint density at radius 1 is 0.673 bits per heavy atom. The molecule has 10 rings (SSSR count). The molecule has 284 valence electrons. The lowest BCUT2D eigenvalue weighted by molar-refractivity contribution is 0.515. The van der Waals surface area contributed by atoms with Gasteiger partial charge in [0.05, 0.1) is 8.07 Å². The first kappa shape index (κ1) is 36.7. The van der Waals surface area contributed by atoms with Crippen molar-refractivity contribution in [2.45, 2.75) is 115 Å². The molecular weight excluding hydrogens is 737 g/mol. The predicted octanol–water partition coefficient (Wildman–Crippen LogP) is 16.0. The average molecular weight is 795 g/mol. The van der Waals surface area contributed by atoms with Gasteiger partial charge in [-0.25, -0.2) is 0 Å². The maximum absolute atomic E-state index is 2.89. The lowest BCUT2D eigenvalue weighted by Crippen LogP contribution is -2.46. The Labute approximate surface area is 343 Å². The standard InChI is InChI=1S/C51H58S3Si/c1-28-25-38-39(27-33-15-14-18-35(33)45(38)32-21-23-34(24-22-32)51(5,6)7)49(28)55(8,9)50-29(2)26-40-46(43-30(3)52-41-19-12-10-16-36(41)43)48(54-47(40)50)44-31(4)53-42-20-13-11-17-37(42)44/h10-13,16-17,19-24,27-29,38-40,47,49-50H,14-15,18,25-26H2,1-9H3. The fourth-order valence-corrected chi connectivity index (χ4v) is 24.6. The summed E-state index contributed by atoms with van der Waals surface area (Å²) in [5, 5.41) is 3.60. The molecule has 8 atom stereocenters. The third-order valence-electron chi connectivity index (χ3n) is 15.1. The van der Waals surface area contributed by atoms with Crippen LogP contribution in [0.25, 0.3) is 36.2 Å². The molecular formula is C51H58S3Si. The fourth-order valence-electron chi connectivity index (χ4n) is 13.2. The Morgan fingerprint density at radius 2 is 1.27 bits per heavy atom. The SMILES string of the molecule is Cc1sc2ccccc2c1C1=C(c2c(C)sc3ccccc23)C2CC(C)C([Si](C)(C)C3C(C)CC4C(c5ccc(C(C)(C)C)cc5)=C5CCCC5=CC43)C2S1. The number of fused-ring (bicyclic) bond motifs is 5. The maximum Gasteiger partial charge on any atom is 0.0558 e. The Kier molecular flexibility index (Phi) is 8.80. The summed E-state index contributed by atoms with van der Waals surface area (Å²) >= 11 is 6.35. The van der Waals surface area contributed by atoms with E-state index in [0.29, 0.717) is 23.0 Å². The van der Waals surface area contributed by atoms with E-state index in [9.17, 15) is 0 Å². The maximum atomic E-state index is 2.89. The summed E-state index contributed by atoms with van der Waals surface area (Å²) in [6, 6.07) is 28.4. The molecule has 0 saturated heterocycles. The van der Waals surface area contributed by atoms with E-state index >= 15 is 0 Å². The molecule has 5 aromatic rings. The summed E-state index contributed by atoms with van der Waals surface area (Å²) in [6.45, 7) is 22.9. The summed E-state index contributed by atoms with van der Waals surface area (Å²) < 4.78 is 2.88. The summed E-state index contributed by atoms with van der Waals surface area (Å²) in [5.74, 6) is 3.46. The van der Waals surface area contributed by atoms with Crippen molar-refractivity contribution in [3.05, 3.63) is 122 Å². The van der Waals surface area contributed by atoms with E-state index in [1.807, 2.05) is 22.7 Å². The normalized spacial score (nSPS) is 29.4. The van der Waals surface area contributed by atoms with Crippen LogP contribution in [0.3, 0.4) is 0 Å². The molecule has 0 nitrogen and oxygen atoms in total. The molecule has 1 aliphatic heterocycles. The molecule has 3 aromatic carbocycles. The second-order valence-corrected chi connectivity index (χ2v) is 28.4. The molecule has 0 spiro atoms. The molecule has 3 heterocycles. The van der Waals surface area contributed by atoms with Crippen molar-refractivity contribution in [2.24, 2.45) is 29.6 Å². The van der Waals surface area contributed by atoms with Crippen molar-refractivity contribution >= 4 is 78.7 Å². The molecule has 4 aliphatic carbocycles. The van der Waals surface area contributed by atoms with Gasteiger partial charge in [0.1, 0.15) is 0 Å². The first-order valence-corrected chi connectivity index (χ1v) is 26.9. The minimum absolute atomic E-state index is 0.180.